The highest BCUT2D eigenvalue weighted by Crippen LogP contribution is 2.23. The fraction of sp³-hybridized carbons (Fsp3) is 0.667. The van der Waals surface area contributed by atoms with E-state index in [-0.39, 0.29) is 5.92 Å². The van der Waals surface area contributed by atoms with Gasteiger partial charge in [-0.1, -0.05) is 25.4 Å². The lowest BCUT2D eigenvalue weighted by molar-refractivity contribution is -0.110. The number of rotatable bonds is 6. The topological polar surface area (TPSA) is 34.9 Å². The summed E-state index contributed by atoms with van der Waals surface area (Å²) in [7, 11) is 0. The van der Waals surface area contributed by atoms with E-state index < -0.39 is 0 Å². The van der Waals surface area contributed by atoms with E-state index in [1.54, 1.807) is 0 Å². The molecule has 0 fully saturated rings. The molecule has 0 saturated carbocycles. The fourth-order valence-corrected chi connectivity index (χ4v) is 2.05. The monoisotopic (exact) mass is 242 g/mol. The number of aldehydes is 1. The van der Waals surface area contributed by atoms with Gasteiger partial charge >= 0.3 is 0 Å². The Morgan fingerprint density at radius 1 is 1.50 bits per heavy atom. The highest BCUT2D eigenvalue weighted by molar-refractivity contribution is 6.31. The van der Waals surface area contributed by atoms with Gasteiger partial charge in [0.05, 0.1) is 16.4 Å². The standard InChI is InChI=1S/C12H19ClN2O/c1-4-10-12(13)11(15(5-2)14-10)7-6-9(3)8-16/h8-9H,4-7H2,1-3H3. The number of aromatic nitrogens is 2. The van der Waals surface area contributed by atoms with E-state index in [1.165, 1.54) is 0 Å². The highest BCUT2D eigenvalue weighted by atomic mass is 35.5. The molecule has 1 unspecified atom stereocenters. The summed E-state index contributed by atoms with van der Waals surface area (Å²) in [5.41, 5.74) is 2.02. The van der Waals surface area contributed by atoms with Crippen molar-refractivity contribution in [3.05, 3.63) is 16.4 Å². The number of hydrogen-bond donors (Lipinski definition) is 0. The van der Waals surface area contributed by atoms with Crippen molar-refractivity contribution in [3.8, 4) is 0 Å². The maximum Gasteiger partial charge on any atom is 0.122 e. The first-order valence-corrected chi connectivity index (χ1v) is 6.21. The van der Waals surface area contributed by atoms with Gasteiger partial charge in [-0.2, -0.15) is 5.10 Å². The molecule has 4 heteroatoms. The van der Waals surface area contributed by atoms with Crippen molar-refractivity contribution in [3.63, 3.8) is 0 Å². The molecule has 1 heterocycles. The first-order valence-electron chi connectivity index (χ1n) is 5.83. The molecule has 0 bridgehead atoms. The van der Waals surface area contributed by atoms with Crippen LogP contribution in [0.15, 0.2) is 0 Å². The van der Waals surface area contributed by atoms with Crippen LogP contribution in [-0.4, -0.2) is 16.1 Å². The largest absolute Gasteiger partial charge is 0.303 e. The summed E-state index contributed by atoms with van der Waals surface area (Å²) in [6.45, 7) is 6.85. The second kappa shape index (κ2) is 6.04. The van der Waals surface area contributed by atoms with Crippen LogP contribution in [0.1, 0.15) is 38.6 Å². The van der Waals surface area contributed by atoms with Crippen LogP contribution in [0.2, 0.25) is 5.02 Å². The van der Waals surface area contributed by atoms with Crippen LogP contribution in [-0.2, 0) is 24.2 Å². The van der Waals surface area contributed by atoms with Gasteiger partial charge < -0.3 is 4.79 Å². The zero-order valence-corrected chi connectivity index (χ0v) is 10.9. The molecule has 0 aliphatic heterocycles. The number of carbonyl (C=O) groups excluding carboxylic acids is 1. The van der Waals surface area contributed by atoms with Gasteiger partial charge in [-0.3, -0.25) is 4.68 Å². The van der Waals surface area contributed by atoms with Crippen LogP contribution < -0.4 is 0 Å². The lowest BCUT2D eigenvalue weighted by atomic mass is 10.1. The van der Waals surface area contributed by atoms with Gasteiger partial charge in [0.15, 0.2) is 0 Å². The van der Waals surface area contributed by atoms with Crippen LogP contribution in [0.5, 0.6) is 0 Å². The summed E-state index contributed by atoms with van der Waals surface area (Å²) >= 11 is 6.26. The third kappa shape index (κ3) is 2.85. The first-order chi connectivity index (χ1) is 7.63. The Morgan fingerprint density at radius 2 is 2.19 bits per heavy atom. The van der Waals surface area contributed by atoms with E-state index in [2.05, 4.69) is 12.0 Å². The Labute approximate surface area is 102 Å². The van der Waals surface area contributed by atoms with E-state index >= 15 is 0 Å². The van der Waals surface area contributed by atoms with Crippen LogP contribution in [0.3, 0.4) is 0 Å². The third-order valence-electron chi connectivity index (χ3n) is 2.76. The Hall–Kier alpha value is -0.830. The zero-order chi connectivity index (χ0) is 12.1. The smallest absolute Gasteiger partial charge is 0.122 e. The molecule has 0 aromatic carbocycles. The number of hydrogen-bond acceptors (Lipinski definition) is 2. The molecule has 0 spiro atoms. The van der Waals surface area contributed by atoms with Gasteiger partial charge in [-0.05, 0) is 26.2 Å². The predicted octanol–water partition coefficient (Wildman–Crippen LogP) is 2.89. The molecule has 0 amide bonds. The van der Waals surface area contributed by atoms with Crippen molar-refractivity contribution in [2.24, 2.45) is 5.92 Å². The maximum absolute atomic E-state index is 10.6. The molecule has 16 heavy (non-hydrogen) atoms. The van der Waals surface area contributed by atoms with Crippen LogP contribution in [0, 0.1) is 5.92 Å². The van der Waals surface area contributed by atoms with Gasteiger partial charge in [-0.15, -0.1) is 0 Å². The van der Waals surface area contributed by atoms with Gasteiger partial charge in [0, 0.05) is 12.5 Å². The number of carbonyl (C=O) groups is 1. The quantitative estimate of drug-likeness (QED) is 0.719. The molecule has 0 N–H and O–H groups in total. The van der Waals surface area contributed by atoms with Crippen molar-refractivity contribution >= 4 is 17.9 Å². The van der Waals surface area contributed by atoms with E-state index in [0.29, 0.717) is 0 Å². The summed E-state index contributed by atoms with van der Waals surface area (Å²) in [4.78, 5) is 10.6. The second-order valence-electron chi connectivity index (χ2n) is 4.03. The number of nitrogens with zero attached hydrogens (tertiary/aromatic N) is 2. The molecule has 0 saturated heterocycles. The molecular formula is C12H19ClN2O. The maximum atomic E-state index is 10.6. The van der Waals surface area contributed by atoms with Crippen molar-refractivity contribution < 1.29 is 4.79 Å². The molecule has 3 nitrogen and oxygen atoms in total. The summed E-state index contributed by atoms with van der Waals surface area (Å²) in [6.07, 6.45) is 3.49. The van der Waals surface area contributed by atoms with Gasteiger partial charge in [0.1, 0.15) is 6.29 Å². The van der Waals surface area contributed by atoms with Crippen LogP contribution in [0.4, 0.5) is 0 Å². The zero-order valence-electron chi connectivity index (χ0n) is 10.2. The average molecular weight is 243 g/mol. The highest BCUT2D eigenvalue weighted by Gasteiger charge is 2.14. The number of aryl methyl sites for hydroxylation is 2. The lowest BCUT2D eigenvalue weighted by Crippen LogP contribution is -2.06. The van der Waals surface area contributed by atoms with Crippen molar-refractivity contribution in [2.45, 2.75) is 46.6 Å². The summed E-state index contributed by atoms with van der Waals surface area (Å²) in [5.74, 6) is 0.0846. The summed E-state index contributed by atoms with van der Waals surface area (Å²) < 4.78 is 1.94. The number of halogens is 1. The molecule has 1 rings (SSSR count). The van der Waals surface area contributed by atoms with E-state index in [1.807, 2.05) is 18.5 Å². The molecule has 0 aliphatic carbocycles. The molecule has 0 radical (unpaired) electrons. The van der Waals surface area contributed by atoms with E-state index in [4.69, 9.17) is 11.6 Å². The average Bonchev–Trinajstić information content (AvgIpc) is 2.62. The van der Waals surface area contributed by atoms with Gasteiger partial charge in [0.2, 0.25) is 0 Å². The lowest BCUT2D eigenvalue weighted by Gasteiger charge is -2.06. The van der Waals surface area contributed by atoms with Crippen molar-refractivity contribution in [1.29, 1.82) is 0 Å². The van der Waals surface area contributed by atoms with Gasteiger partial charge in [-0.25, -0.2) is 0 Å². The Balaban J connectivity index is 2.84. The third-order valence-corrected chi connectivity index (χ3v) is 3.20. The normalized spacial score (nSPS) is 12.8. The molecule has 1 atom stereocenters. The van der Waals surface area contributed by atoms with Crippen molar-refractivity contribution in [2.75, 3.05) is 0 Å². The molecule has 0 aliphatic rings. The SMILES string of the molecule is CCc1nn(CC)c(CCC(C)C=O)c1Cl. The van der Waals surface area contributed by atoms with Crippen molar-refractivity contribution in [1.82, 2.24) is 9.78 Å². The Kier molecular flexibility index (Phi) is 5.00. The Bertz CT molecular complexity index is 360. The molecular weight excluding hydrogens is 224 g/mol. The van der Waals surface area contributed by atoms with Crippen LogP contribution in [0.25, 0.3) is 0 Å². The van der Waals surface area contributed by atoms with E-state index in [9.17, 15) is 4.79 Å². The predicted molar refractivity (Wildman–Crippen MR) is 65.8 cm³/mol. The van der Waals surface area contributed by atoms with E-state index in [0.717, 1.165) is 48.5 Å². The second-order valence-corrected chi connectivity index (χ2v) is 4.41. The molecule has 1 aromatic heterocycles. The van der Waals surface area contributed by atoms with Crippen LogP contribution >= 0.6 is 11.6 Å². The Morgan fingerprint density at radius 3 is 2.69 bits per heavy atom. The fourth-order valence-electron chi connectivity index (χ4n) is 1.69. The van der Waals surface area contributed by atoms with Gasteiger partial charge in [0.25, 0.3) is 0 Å². The molecule has 90 valence electrons. The summed E-state index contributed by atoms with van der Waals surface area (Å²) in [5, 5.41) is 5.23. The minimum atomic E-state index is 0.0846. The minimum absolute atomic E-state index is 0.0846. The summed E-state index contributed by atoms with van der Waals surface area (Å²) in [6, 6.07) is 0. The first kappa shape index (κ1) is 13.2. The minimum Gasteiger partial charge on any atom is -0.303 e. The molecule has 1 aromatic rings.